The summed E-state index contributed by atoms with van der Waals surface area (Å²) in [6.07, 6.45) is 11.3. The van der Waals surface area contributed by atoms with Gasteiger partial charge < -0.3 is 4.90 Å². The number of nitrogens with zero attached hydrogens (tertiary/aromatic N) is 1. The molecule has 98 valence electrons. The highest BCUT2D eigenvalue weighted by Gasteiger charge is 2.27. The summed E-state index contributed by atoms with van der Waals surface area (Å²) in [6, 6.07) is 6.14. The molecular weight excluding hydrogens is 234 g/mol. The van der Waals surface area contributed by atoms with Crippen molar-refractivity contribution in [1.82, 2.24) is 4.90 Å². The van der Waals surface area contributed by atoms with Crippen molar-refractivity contribution in [2.24, 2.45) is 5.92 Å². The van der Waals surface area contributed by atoms with Gasteiger partial charge in [0, 0.05) is 12.1 Å². The lowest BCUT2D eigenvalue weighted by Crippen LogP contribution is -2.33. The number of carbonyl (C=O) groups excluding carboxylic acids is 1. The molecule has 0 N–H and O–H groups in total. The quantitative estimate of drug-likeness (QED) is 0.755. The van der Waals surface area contributed by atoms with Gasteiger partial charge >= 0.3 is 0 Å². The number of terminal acetylenes is 1. The van der Waals surface area contributed by atoms with Gasteiger partial charge in [-0.3, -0.25) is 4.79 Å². The molecule has 2 aliphatic carbocycles. The zero-order valence-corrected chi connectivity index (χ0v) is 11.2. The van der Waals surface area contributed by atoms with Crippen LogP contribution in [0, 0.1) is 18.3 Å². The lowest BCUT2D eigenvalue weighted by atomic mass is 10.1. The third kappa shape index (κ3) is 2.66. The summed E-state index contributed by atoms with van der Waals surface area (Å²) in [7, 11) is 0. The molecule has 0 aromatic heterocycles. The van der Waals surface area contributed by atoms with Crippen LogP contribution < -0.4 is 0 Å². The van der Waals surface area contributed by atoms with E-state index in [2.05, 4.69) is 18.1 Å². The molecule has 1 amide bonds. The van der Waals surface area contributed by atoms with Crippen LogP contribution in [0.1, 0.15) is 40.7 Å². The highest BCUT2D eigenvalue weighted by molar-refractivity contribution is 5.94. The summed E-state index contributed by atoms with van der Waals surface area (Å²) in [5.74, 6) is 3.38. The van der Waals surface area contributed by atoms with Crippen molar-refractivity contribution >= 4 is 5.91 Å². The van der Waals surface area contributed by atoms with E-state index < -0.39 is 0 Å². The Labute approximate surface area is 114 Å². The molecule has 0 saturated heterocycles. The van der Waals surface area contributed by atoms with Crippen LogP contribution >= 0.6 is 0 Å². The van der Waals surface area contributed by atoms with E-state index in [1.165, 1.54) is 30.4 Å². The van der Waals surface area contributed by atoms with Crippen LogP contribution in [-0.4, -0.2) is 23.9 Å². The van der Waals surface area contributed by atoms with Gasteiger partial charge in [-0.2, -0.15) is 0 Å². The van der Waals surface area contributed by atoms with Crippen molar-refractivity contribution in [3.05, 3.63) is 34.9 Å². The van der Waals surface area contributed by atoms with Gasteiger partial charge in [0.1, 0.15) is 0 Å². The minimum absolute atomic E-state index is 0.0968. The van der Waals surface area contributed by atoms with E-state index in [1.54, 1.807) is 0 Å². The lowest BCUT2D eigenvalue weighted by Gasteiger charge is -2.20. The molecule has 0 radical (unpaired) electrons. The van der Waals surface area contributed by atoms with E-state index in [9.17, 15) is 4.79 Å². The molecule has 1 fully saturated rings. The van der Waals surface area contributed by atoms with Gasteiger partial charge in [0.15, 0.2) is 0 Å². The average Bonchev–Trinajstić information content (AvgIpc) is 3.11. The molecule has 0 aliphatic heterocycles. The largest absolute Gasteiger partial charge is 0.327 e. The SMILES string of the molecule is C#CCN(CC1CC1)C(=O)c1ccc2c(c1)CCC2. The number of amides is 1. The van der Waals surface area contributed by atoms with Crippen molar-refractivity contribution in [2.45, 2.75) is 32.1 Å². The van der Waals surface area contributed by atoms with Crippen LogP contribution in [0.15, 0.2) is 18.2 Å². The number of aryl methyl sites for hydroxylation is 2. The molecule has 0 unspecified atom stereocenters. The van der Waals surface area contributed by atoms with E-state index >= 15 is 0 Å². The number of carbonyl (C=O) groups is 1. The highest BCUT2D eigenvalue weighted by Crippen LogP contribution is 2.30. The van der Waals surface area contributed by atoms with Crippen molar-refractivity contribution in [3.63, 3.8) is 0 Å². The summed E-state index contributed by atoms with van der Waals surface area (Å²) in [6.45, 7) is 1.24. The lowest BCUT2D eigenvalue weighted by molar-refractivity contribution is 0.0769. The molecule has 19 heavy (non-hydrogen) atoms. The second-order valence-corrected chi connectivity index (χ2v) is 5.67. The Morgan fingerprint density at radius 1 is 1.32 bits per heavy atom. The zero-order chi connectivity index (χ0) is 13.2. The molecule has 0 atom stereocenters. The van der Waals surface area contributed by atoms with Gasteiger partial charge in [-0.1, -0.05) is 12.0 Å². The van der Waals surface area contributed by atoms with Gasteiger partial charge in [-0.05, 0) is 61.3 Å². The monoisotopic (exact) mass is 253 g/mol. The van der Waals surface area contributed by atoms with Crippen LogP contribution in [0.5, 0.6) is 0 Å². The van der Waals surface area contributed by atoms with Crippen LogP contribution in [0.4, 0.5) is 0 Å². The molecule has 1 saturated carbocycles. The Balaban J connectivity index is 1.78. The normalized spacial score (nSPS) is 16.8. The fraction of sp³-hybridized carbons (Fsp3) is 0.471. The maximum atomic E-state index is 12.5. The predicted molar refractivity (Wildman–Crippen MR) is 75.9 cm³/mol. The van der Waals surface area contributed by atoms with Crippen molar-refractivity contribution in [3.8, 4) is 12.3 Å². The number of rotatable bonds is 4. The summed E-state index contributed by atoms with van der Waals surface area (Å²) < 4.78 is 0. The molecule has 1 aromatic rings. The minimum atomic E-state index is 0.0968. The number of benzene rings is 1. The molecule has 2 nitrogen and oxygen atoms in total. The highest BCUT2D eigenvalue weighted by atomic mass is 16.2. The Kier molecular flexibility index (Phi) is 3.29. The predicted octanol–water partition coefficient (Wildman–Crippen LogP) is 2.66. The van der Waals surface area contributed by atoms with Crippen LogP contribution in [0.3, 0.4) is 0 Å². The number of hydrogen-bond donors (Lipinski definition) is 0. The standard InChI is InChI=1S/C17H19NO/c1-2-10-18(12-13-6-7-13)17(19)16-9-8-14-4-3-5-15(14)11-16/h1,8-9,11,13H,3-7,10,12H2. The summed E-state index contributed by atoms with van der Waals surface area (Å²) in [5, 5.41) is 0. The first-order chi connectivity index (χ1) is 9.28. The maximum absolute atomic E-state index is 12.5. The molecule has 3 rings (SSSR count). The van der Waals surface area contributed by atoms with E-state index in [4.69, 9.17) is 6.42 Å². The van der Waals surface area contributed by atoms with Gasteiger partial charge in [-0.15, -0.1) is 6.42 Å². The van der Waals surface area contributed by atoms with E-state index in [-0.39, 0.29) is 5.91 Å². The first-order valence-electron chi connectivity index (χ1n) is 7.12. The summed E-state index contributed by atoms with van der Waals surface area (Å²) in [5.41, 5.74) is 3.55. The summed E-state index contributed by atoms with van der Waals surface area (Å²) in [4.78, 5) is 14.4. The Hall–Kier alpha value is -1.75. The molecule has 0 spiro atoms. The molecular formula is C17H19NO. The first-order valence-corrected chi connectivity index (χ1v) is 7.12. The maximum Gasteiger partial charge on any atom is 0.254 e. The Bertz CT molecular complexity index is 537. The van der Waals surface area contributed by atoms with Gasteiger partial charge in [0.25, 0.3) is 5.91 Å². The Morgan fingerprint density at radius 3 is 2.84 bits per heavy atom. The topological polar surface area (TPSA) is 20.3 Å². The fourth-order valence-electron chi connectivity index (χ4n) is 2.83. The number of hydrogen-bond acceptors (Lipinski definition) is 1. The third-order valence-electron chi connectivity index (χ3n) is 4.09. The van der Waals surface area contributed by atoms with E-state index in [1.807, 2.05) is 11.0 Å². The van der Waals surface area contributed by atoms with Gasteiger partial charge in [-0.25, -0.2) is 0 Å². The van der Waals surface area contributed by atoms with Crippen molar-refractivity contribution in [2.75, 3.05) is 13.1 Å². The smallest absolute Gasteiger partial charge is 0.254 e. The van der Waals surface area contributed by atoms with Gasteiger partial charge in [0.2, 0.25) is 0 Å². The second kappa shape index (κ2) is 5.09. The van der Waals surface area contributed by atoms with Crippen molar-refractivity contribution < 1.29 is 4.79 Å². The summed E-state index contributed by atoms with van der Waals surface area (Å²) >= 11 is 0. The molecule has 0 bridgehead atoms. The first kappa shape index (κ1) is 12.3. The average molecular weight is 253 g/mol. The molecule has 2 aliphatic rings. The van der Waals surface area contributed by atoms with Crippen molar-refractivity contribution in [1.29, 1.82) is 0 Å². The van der Waals surface area contributed by atoms with E-state index in [0.29, 0.717) is 12.5 Å². The third-order valence-corrected chi connectivity index (χ3v) is 4.09. The van der Waals surface area contributed by atoms with E-state index in [0.717, 1.165) is 24.9 Å². The second-order valence-electron chi connectivity index (χ2n) is 5.67. The molecule has 1 aromatic carbocycles. The van der Waals surface area contributed by atoms with Crippen LogP contribution in [-0.2, 0) is 12.8 Å². The fourth-order valence-corrected chi connectivity index (χ4v) is 2.83. The van der Waals surface area contributed by atoms with Crippen LogP contribution in [0.2, 0.25) is 0 Å². The van der Waals surface area contributed by atoms with Crippen LogP contribution in [0.25, 0.3) is 0 Å². The molecule has 2 heteroatoms. The number of fused-ring (bicyclic) bond motifs is 1. The van der Waals surface area contributed by atoms with Gasteiger partial charge in [0.05, 0.1) is 6.54 Å². The Morgan fingerprint density at radius 2 is 2.11 bits per heavy atom. The minimum Gasteiger partial charge on any atom is -0.327 e. The molecule has 0 heterocycles. The zero-order valence-electron chi connectivity index (χ0n) is 11.2.